The van der Waals surface area contributed by atoms with E-state index in [4.69, 9.17) is 4.74 Å². The lowest BCUT2D eigenvalue weighted by Gasteiger charge is -2.22. The molecule has 1 amide bonds. The molecular formula is C60H115NO5. The molecule has 6 heteroatoms. The predicted molar refractivity (Wildman–Crippen MR) is 287 cm³/mol. The lowest BCUT2D eigenvalue weighted by Crippen LogP contribution is -2.45. The van der Waals surface area contributed by atoms with Gasteiger partial charge >= 0.3 is 5.97 Å². The monoisotopic (exact) mass is 930 g/mol. The number of hydrogen-bond donors (Lipinski definition) is 3. The molecule has 3 N–H and O–H groups in total. The maximum absolute atomic E-state index is 12.5. The largest absolute Gasteiger partial charge is 0.466 e. The molecule has 390 valence electrons. The van der Waals surface area contributed by atoms with Crippen LogP contribution in [0.15, 0.2) is 24.3 Å². The molecule has 0 aromatic heterocycles. The van der Waals surface area contributed by atoms with Crippen LogP contribution >= 0.6 is 0 Å². The van der Waals surface area contributed by atoms with Gasteiger partial charge in [0.1, 0.15) is 0 Å². The van der Waals surface area contributed by atoms with E-state index in [0.29, 0.717) is 25.9 Å². The molecule has 2 atom stereocenters. The van der Waals surface area contributed by atoms with Gasteiger partial charge in [0.2, 0.25) is 5.91 Å². The van der Waals surface area contributed by atoms with Crippen LogP contribution in [-0.2, 0) is 14.3 Å². The summed E-state index contributed by atoms with van der Waals surface area (Å²) in [4.78, 5) is 24.6. The van der Waals surface area contributed by atoms with Gasteiger partial charge in [-0.15, -0.1) is 0 Å². The molecule has 0 saturated heterocycles. The van der Waals surface area contributed by atoms with E-state index < -0.39 is 12.1 Å². The fraction of sp³-hybridized carbons (Fsp3) is 0.900. The third-order valence-corrected chi connectivity index (χ3v) is 13.8. The van der Waals surface area contributed by atoms with Gasteiger partial charge in [-0.3, -0.25) is 9.59 Å². The van der Waals surface area contributed by atoms with Crippen LogP contribution in [0.2, 0.25) is 0 Å². The second-order valence-corrected chi connectivity index (χ2v) is 20.3. The predicted octanol–water partition coefficient (Wildman–Crippen LogP) is 18.2. The lowest BCUT2D eigenvalue weighted by atomic mass is 10.0. The Kier molecular flexibility index (Phi) is 54.5. The number of unbranched alkanes of at least 4 members (excludes halogenated alkanes) is 40. The van der Waals surface area contributed by atoms with Gasteiger partial charge in [-0.2, -0.15) is 0 Å². The van der Waals surface area contributed by atoms with Crippen molar-refractivity contribution in [2.24, 2.45) is 0 Å². The highest BCUT2D eigenvalue weighted by Gasteiger charge is 2.20. The van der Waals surface area contributed by atoms with E-state index in [-0.39, 0.29) is 18.5 Å². The van der Waals surface area contributed by atoms with Crippen molar-refractivity contribution in [3.8, 4) is 0 Å². The average molecular weight is 931 g/mol. The molecule has 0 saturated carbocycles. The van der Waals surface area contributed by atoms with E-state index in [2.05, 4.69) is 43.5 Å². The number of rotatable bonds is 55. The zero-order valence-electron chi connectivity index (χ0n) is 44.4. The summed E-state index contributed by atoms with van der Waals surface area (Å²) in [5.41, 5.74) is 0. The molecule has 0 radical (unpaired) electrons. The summed E-state index contributed by atoms with van der Waals surface area (Å²) < 4.78 is 5.49. The fourth-order valence-corrected chi connectivity index (χ4v) is 9.20. The van der Waals surface area contributed by atoms with Crippen molar-refractivity contribution in [1.82, 2.24) is 5.32 Å². The number of allylic oxidation sites excluding steroid dienone is 4. The van der Waals surface area contributed by atoms with Gasteiger partial charge in [0, 0.05) is 12.8 Å². The minimum atomic E-state index is -0.668. The molecule has 0 aromatic rings. The van der Waals surface area contributed by atoms with Crippen LogP contribution in [0.3, 0.4) is 0 Å². The number of carbonyl (C=O) groups is 2. The van der Waals surface area contributed by atoms with Gasteiger partial charge in [0.25, 0.3) is 0 Å². The van der Waals surface area contributed by atoms with E-state index in [1.165, 1.54) is 238 Å². The van der Waals surface area contributed by atoms with Crippen molar-refractivity contribution in [2.45, 2.75) is 334 Å². The standard InChI is InChI=1S/C60H115NO5/c1-3-5-7-9-11-13-15-17-19-20-21-22-26-30-34-38-42-46-50-54-60(65)66-55-51-47-43-39-35-31-27-24-23-25-29-33-37-41-45-49-53-59(64)61-57(56-62)58(63)52-48-44-40-36-32-28-18-16-14-12-10-8-6-4-2/h11,13,17,19,57-58,62-63H,3-10,12,14-16,18,20-56H2,1-2H3,(H,61,64)/b13-11-,19-17-. The number of aliphatic hydroxyl groups excluding tert-OH is 2. The van der Waals surface area contributed by atoms with Crippen LogP contribution in [0, 0.1) is 0 Å². The Labute approximate surface area is 411 Å². The fourth-order valence-electron chi connectivity index (χ4n) is 9.20. The molecule has 6 nitrogen and oxygen atoms in total. The van der Waals surface area contributed by atoms with E-state index in [1.54, 1.807) is 0 Å². The van der Waals surface area contributed by atoms with Gasteiger partial charge in [-0.05, 0) is 57.8 Å². The maximum Gasteiger partial charge on any atom is 0.305 e. The van der Waals surface area contributed by atoms with Crippen LogP contribution in [0.1, 0.15) is 322 Å². The van der Waals surface area contributed by atoms with Crippen molar-refractivity contribution >= 4 is 11.9 Å². The van der Waals surface area contributed by atoms with Gasteiger partial charge < -0.3 is 20.3 Å². The number of carbonyl (C=O) groups excluding carboxylic acids is 2. The van der Waals surface area contributed by atoms with E-state index >= 15 is 0 Å². The SMILES string of the molecule is CCCCC/C=C\C/C=C\CCCCCCCCCCCC(=O)OCCCCCCCCCCCCCCCCCCC(=O)NC(CO)C(O)CCCCCCCCCCCCCCCC. The molecule has 0 heterocycles. The summed E-state index contributed by atoms with van der Waals surface area (Å²) in [6.45, 7) is 4.93. The zero-order valence-corrected chi connectivity index (χ0v) is 44.4. The van der Waals surface area contributed by atoms with E-state index in [0.717, 1.165) is 51.4 Å². The molecule has 0 aliphatic carbocycles. The van der Waals surface area contributed by atoms with E-state index in [1.807, 2.05) is 0 Å². The first-order chi connectivity index (χ1) is 32.5. The van der Waals surface area contributed by atoms with Crippen molar-refractivity contribution in [1.29, 1.82) is 0 Å². The van der Waals surface area contributed by atoms with Crippen LogP contribution in [-0.4, -0.2) is 47.4 Å². The Morgan fingerprint density at radius 2 is 0.758 bits per heavy atom. The third kappa shape index (κ3) is 51.7. The lowest BCUT2D eigenvalue weighted by molar-refractivity contribution is -0.143. The first-order valence-electron chi connectivity index (χ1n) is 29.6. The Balaban J connectivity index is 3.40. The number of amides is 1. The highest BCUT2D eigenvalue weighted by atomic mass is 16.5. The Hall–Kier alpha value is -1.66. The summed E-state index contributed by atoms with van der Waals surface area (Å²) in [5.74, 6) is -0.0408. The van der Waals surface area contributed by atoms with Crippen molar-refractivity contribution in [3.63, 3.8) is 0 Å². The molecule has 0 fully saturated rings. The summed E-state index contributed by atoms with van der Waals surface area (Å²) in [5, 5.41) is 23.3. The number of esters is 1. The molecule has 0 rings (SSSR count). The molecule has 0 aliphatic heterocycles. The minimum absolute atomic E-state index is 0.000184. The van der Waals surface area contributed by atoms with E-state index in [9.17, 15) is 19.8 Å². The highest BCUT2D eigenvalue weighted by Crippen LogP contribution is 2.17. The van der Waals surface area contributed by atoms with Crippen LogP contribution in [0.5, 0.6) is 0 Å². The summed E-state index contributed by atoms with van der Waals surface area (Å²) in [6, 6.07) is -0.546. The minimum Gasteiger partial charge on any atom is -0.466 e. The smallest absolute Gasteiger partial charge is 0.305 e. The summed E-state index contributed by atoms with van der Waals surface area (Å²) in [7, 11) is 0. The number of hydrogen-bond acceptors (Lipinski definition) is 5. The highest BCUT2D eigenvalue weighted by molar-refractivity contribution is 5.76. The summed E-state index contributed by atoms with van der Waals surface area (Å²) >= 11 is 0. The van der Waals surface area contributed by atoms with Crippen LogP contribution in [0.4, 0.5) is 0 Å². The Morgan fingerprint density at radius 3 is 1.18 bits per heavy atom. The second-order valence-electron chi connectivity index (χ2n) is 20.3. The Bertz CT molecular complexity index is 1030. The molecular weight excluding hydrogens is 815 g/mol. The topological polar surface area (TPSA) is 95.9 Å². The summed E-state index contributed by atoms with van der Waals surface area (Å²) in [6.07, 6.45) is 67.4. The quantitative estimate of drug-likeness (QED) is 0.0321. The first kappa shape index (κ1) is 64.3. The average Bonchev–Trinajstić information content (AvgIpc) is 3.32. The molecule has 0 bridgehead atoms. The van der Waals surface area contributed by atoms with Crippen molar-refractivity contribution in [3.05, 3.63) is 24.3 Å². The second kappa shape index (κ2) is 55.9. The molecule has 0 spiro atoms. The van der Waals surface area contributed by atoms with Gasteiger partial charge in [0.05, 0.1) is 25.4 Å². The van der Waals surface area contributed by atoms with Crippen molar-refractivity contribution < 1.29 is 24.5 Å². The van der Waals surface area contributed by atoms with Crippen molar-refractivity contribution in [2.75, 3.05) is 13.2 Å². The number of ether oxygens (including phenoxy) is 1. The van der Waals surface area contributed by atoms with Crippen LogP contribution < -0.4 is 5.32 Å². The molecule has 0 aliphatic rings. The van der Waals surface area contributed by atoms with Gasteiger partial charge in [0.15, 0.2) is 0 Å². The molecule has 0 aromatic carbocycles. The normalized spacial score (nSPS) is 12.7. The van der Waals surface area contributed by atoms with Gasteiger partial charge in [-0.25, -0.2) is 0 Å². The number of nitrogens with one attached hydrogen (secondary N) is 1. The zero-order chi connectivity index (χ0) is 47.9. The van der Waals surface area contributed by atoms with Gasteiger partial charge in [-0.1, -0.05) is 276 Å². The molecule has 66 heavy (non-hydrogen) atoms. The first-order valence-corrected chi connectivity index (χ1v) is 29.6. The third-order valence-electron chi connectivity index (χ3n) is 13.8. The molecule has 2 unspecified atom stereocenters. The maximum atomic E-state index is 12.5. The Morgan fingerprint density at radius 1 is 0.424 bits per heavy atom. The number of aliphatic hydroxyl groups is 2. The van der Waals surface area contributed by atoms with Crippen LogP contribution in [0.25, 0.3) is 0 Å².